The predicted octanol–water partition coefficient (Wildman–Crippen LogP) is 6.25. The Labute approximate surface area is 240 Å². The number of halogens is 1. The largest absolute Gasteiger partial charge is 0.494 e. The van der Waals surface area contributed by atoms with Gasteiger partial charge in [0.1, 0.15) is 5.75 Å². The van der Waals surface area contributed by atoms with Crippen molar-refractivity contribution in [3.8, 4) is 17.2 Å². The Morgan fingerprint density at radius 1 is 0.900 bits per heavy atom. The summed E-state index contributed by atoms with van der Waals surface area (Å²) in [5.41, 5.74) is 9.69. The molecule has 6 nitrogen and oxygen atoms in total. The average Bonchev–Trinajstić information content (AvgIpc) is 3.42. The highest BCUT2D eigenvalue weighted by molar-refractivity contribution is 6.31. The van der Waals surface area contributed by atoms with Crippen LogP contribution in [0.4, 0.5) is 0 Å². The second kappa shape index (κ2) is 13.4. The molecule has 0 bridgehead atoms. The number of carbonyl (C=O) groups excluding carboxylic acids is 1. The van der Waals surface area contributed by atoms with Crippen molar-refractivity contribution < 1.29 is 19.0 Å². The molecule has 0 spiro atoms. The lowest BCUT2D eigenvalue weighted by Crippen LogP contribution is -2.32. The van der Waals surface area contributed by atoms with Gasteiger partial charge in [-0.25, -0.2) is 0 Å². The summed E-state index contributed by atoms with van der Waals surface area (Å²) in [4.78, 5) is 11.3. The van der Waals surface area contributed by atoms with E-state index in [1.807, 2.05) is 48.5 Å². The Balaban J connectivity index is 1.33. The second-order valence-corrected chi connectivity index (χ2v) is 10.3. The molecule has 0 saturated heterocycles. The van der Waals surface area contributed by atoms with E-state index in [9.17, 15) is 4.79 Å². The van der Waals surface area contributed by atoms with Crippen molar-refractivity contribution >= 4 is 17.5 Å². The summed E-state index contributed by atoms with van der Waals surface area (Å²) < 4.78 is 17.2. The van der Waals surface area contributed by atoms with Crippen LogP contribution in [-0.4, -0.2) is 25.3 Å². The minimum atomic E-state index is -0.364. The summed E-state index contributed by atoms with van der Waals surface area (Å²) in [5.74, 6) is 1.94. The van der Waals surface area contributed by atoms with E-state index in [-0.39, 0.29) is 31.1 Å². The number of primary amides is 1. The summed E-state index contributed by atoms with van der Waals surface area (Å²) in [5, 5.41) is 4.38. The van der Waals surface area contributed by atoms with Crippen LogP contribution in [-0.2, 0) is 17.8 Å². The summed E-state index contributed by atoms with van der Waals surface area (Å²) >= 11 is 6.59. The van der Waals surface area contributed by atoms with Crippen molar-refractivity contribution in [3.63, 3.8) is 0 Å². The van der Waals surface area contributed by atoms with Crippen LogP contribution in [0, 0.1) is 0 Å². The highest BCUT2D eigenvalue weighted by atomic mass is 35.5. The van der Waals surface area contributed by atoms with E-state index in [2.05, 4.69) is 53.8 Å². The van der Waals surface area contributed by atoms with Gasteiger partial charge >= 0.3 is 0 Å². The zero-order valence-corrected chi connectivity index (χ0v) is 23.0. The van der Waals surface area contributed by atoms with Gasteiger partial charge in [0.25, 0.3) is 0 Å². The van der Waals surface area contributed by atoms with Crippen LogP contribution in [0.5, 0.6) is 17.2 Å². The molecule has 3 N–H and O–H groups in total. The fourth-order valence-corrected chi connectivity index (χ4v) is 5.26. The number of amides is 1. The Bertz CT molecular complexity index is 1380. The average molecular weight is 557 g/mol. The topological polar surface area (TPSA) is 82.8 Å². The Kier molecular flexibility index (Phi) is 9.22. The number of fused-ring (bicyclic) bond motifs is 1. The lowest BCUT2D eigenvalue weighted by atomic mass is 9.85. The molecule has 4 aromatic carbocycles. The normalized spacial score (nSPS) is 12.8. The molecule has 0 fully saturated rings. The minimum Gasteiger partial charge on any atom is -0.494 e. The van der Waals surface area contributed by atoms with Crippen LogP contribution < -0.4 is 25.3 Å². The molecule has 1 atom stereocenters. The SMILES string of the molecule is NC(=O)Cc1cccc(OCCC(CC(c2ccccc2)c2ccccc2)NCc2cc3c(cc2Cl)OCO3)c1. The summed E-state index contributed by atoms with van der Waals surface area (Å²) in [6, 6.07) is 32.6. The molecule has 0 radical (unpaired) electrons. The molecular formula is C33H33ClN2O4. The van der Waals surface area contributed by atoms with Crippen molar-refractivity contribution in [2.45, 2.75) is 37.8 Å². The fraction of sp³-hybridized carbons (Fsp3) is 0.242. The highest BCUT2D eigenvalue weighted by Gasteiger charge is 2.22. The zero-order chi connectivity index (χ0) is 27.7. The quantitative estimate of drug-likeness (QED) is 0.203. The van der Waals surface area contributed by atoms with Gasteiger partial charge < -0.3 is 25.3 Å². The maximum absolute atomic E-state index is 11.3. The molecule has 0 aromatic heterocycles. The van der Waals surface area contributed by atoms with Crippen LogP contribution >= 0.6 is 11.6 Å². The van der Waals surface area contributed by atoms with Crippen molar-refractivity contribution in [3.05, 3.63) is 124 Å². The predicted molar refractivity (Wildman–Crippen MR) is 157 cm³/mol. The summed E-state index contributed by atoms with van der Waals surface area (Å²) in [6.45, 7) is 1.28. The van der Waals surface area contributed by atoms with Crippen LogP contribution in [0.2, 0.25) is 5.02 Å². The lowest BCUT2D eigenvalue weighted by Gasteiger charge is -2.26. The third-order valence-corrected chi connectivity index (χ3v) is 7.41. The first-order valence-corrected chi connectivity index (χ1v) is 13.8. The van der Waals surface area contributed by atoms with Gasteiger partial charge in [0.05, 0.1) is 13.0 Å². The number of nitrogens with two attached hydrogens (primary N) is 1. The molecule has 206 valence electrons. The molecule has 5 rings (SSSR count). The standard InChI is InChI=1S/C33H33ClN2O4/c34-30-20-32-31(39-22-40-32)18-26(30)21-36-27(14-15-38-28-13-7-8-23(16-28)17-33(35)37)19-29(24-9-3-1-4-10-24)25-11-5-2-6-12-25/h1-13,16,18,20,27,29,36H,14-15,17,19,21-22H2,(H2,35,37). The third-order valence-electron chi connectivity index (χ3n) is 7.06. The number of hydrogen-bond donors (Lipinski definition) is 2. The summed E-state index contributed by atoms with van der Waals surface area (Å²) in [6.07, 6.45) is 1.81. The molecule has 1 aliphatic rings. The van der Waals surface area contributed by atoms with Gasteiger partial charge in [0, 0.05) is 29.6 Å². The third kappa shape index (κ3) is 7.34. The first kappa shape index (κ1) is 27.6. The lowest BCUT2D eigenvalue weighted by molar-refractivity contribution is -0.117. The molecular weight excluding hydrogens is 524 g/mol. The van der Waals surface area contributed by atoms with Crippen LogP contribution in [0.1, 0.15) is 41.0 Å². The number of ether oxygens (including phenoxy) is 3. The van der Waals surface area contributed by atoms with Gasteiger partial charge in [-0.05, 0) is 53.3 Å². The Hall–Kier alpha value is -4.00. The Morgan fingerprint density at radius 3 is 2.25 bits per heavy atom. The van der Waals surface area contributed by atoms with Gasteiger partial charge in [0.15, 0.2) is 11.5 Å². The second-order valence-electron chi connectivity index (χ2n) is 9.91. The molecule has 1 unspecified atom stereocenters. The minimum absolute atomic E-state index is 0.112. The zero-order valence-electron chi connectivity index (χ0n) is 22.2. The smallest absolute Gasteiger partial charge is 0.231 e. The molecule has 7 heteroatoms. The van der Waals surface area contributed by atoms with Gasteiger partial charge in [0.2, 0.25) is 12.7 Å². The number of rotatable bonds is 13. The first-order valence-electron chi connectivity index (χ1n) is 13.5. The Morgan fingerprint density at radius 2 is 1.57 bits per heavy atom. The summed E-state index contributed by atoms with van der Waals surface area (Å²) in [7, 11) is 0. The first-order chi connectivity index (χ1) is 19.5. The van der Waals surface area contributed by atoms with Crippen molar-refractivity contribution in [2.24, 2.45) is 5.73 Å². The van der Waals surface area contributed by atoms with E-state index in [1.165, 1.54) is 11.1 Å². The monoisotopic (exact) mass is 556 g/mol. The molecule has 0 saturated carbocycles. The maximum Gasteiger partial charge on any atom is 0.231 e. The van der Waals surface area contributed by atoms with E-state index >= 15 is 0 Å². The van der Waals surface area contributed by atoms with E-state index in [4.69, 9.17) is 31.5 Å². The van der Waals surface area contributed by atoms with Gasteiger partial charge in [-0.1, -0.05) is 84.4 Å². The molecule has 1 amide bonds. The highest BCUT2D eigenvalue weighted by Crippen LogP contribution is 2.37. The molecule has 1 aliphatic heterocycles. The molecule has 4 aromatic rings. The van der Waals surface area contributed by atoms with Gasteiger partial charge in [-0.3, -0.25) is 4.79 Å². The maximum atomic E-state index is 11.3. The number of hydrogen-bond acceptors (Lipinski definition) is 5. The van der Waals surface area contributed by atoms with Crippen LogP contribution in [0.25, 0.3) is 0 Å². The molecule has 0 aliphatic carbocycles. The van der Waals surface area contributed by atoms with Crippen molar-refractivity contribution in [1.29, 1.82) is 0 Å². The van der Waals surface area contributed by atoms with E-state index in [0.29, 0.717) is 29.7 Å². The van der Waals surface area contributed by atoms with E-state index in [1.54, 1.807) is 0 Å². The molecule has 40 heavy (non-hydrogen) atoms. The fourth-order valence-electron chi connectivity index (χ4n) is 5.04. The number of benzene rings is 4. The molecule has 1 heterocycles. The van der Waals surface area contributed by atoms with Crippen LogP contribution in [0.3, 0.4) is 0 Å². The van der Waals surface area contributed by atoms with Gasteiger partial charge in [-0.2, -0.15) is 0 Å². The number of nitrogens with one attached hydrogen (secondary N) is 1. The van der Waals surface area contributed by atoms with Crippen LogP contribution in [0.15, 0.2) is 97.1 Å². The van der Waals surface area contributed by atoms with E-state index < -0.39 is 0 Å². The van der Waals surface area contributed by atoms with E-state index in [0.717, 1.165) is 29.7 Å². The number of carbonyl (C=O) groups is 1. The van der Waals surface area contributed by atoms with Crippen molar-refractivity contribution in [1.82, 2.24) is 5.32 Å². The van der Waals surface area contributed by atoms with Crippen molar-refractivity contribution in [2.75, 3.05) is 13.4 Å². The van der Waals surface area contributed by atoms with Gasteiger partial charge in [-0.15, -0.1) is 0 Å².